The van der Waals surface area contributed by atoms with Gasteiger partial charge in [-0.15, -0.1) is 0 Å². The van der Waals surface area contributed by atoms with Gasteiger partial charge in [0.25, 0.3) is 0 Å². The number of hydrogen-bond acceptors (Lipinski definition) is 3. The zero-order valence-corrected chi connectivity index (χ0v) is 14.7. The molecule has 1 aromatic carbocycles. The zero-order chi connectivity index (χ0) is 17.1. The van der Waals surface area contributed by atoms with Crippen LogP contribution in [-0.2, 0) is 17.8 Å². The quantitative estimate of drug-likeness (QED) is 0.819. The van der Waals surface area contributed by atoms with E-state index >= 15 is 0 Å². The smallest absolute Gasteiger partial charge is 0.224 e. The molecule has 0 saturated carbocycles. The largest absolute Gasteiger partial charge is 0.486 e. The lowest BCUT2D eigenvalue weighted by Crippen LogP contribution is -2.56. The summed E-state index contributed by atoms with van der Waals surface area (Å²) in [6.45, 7) is 8.24. The molecular formula is C19H25N3O2. The van der Waals surface area contributed by atoms with E-state index in [1.54, 1.807) is 6.20 Å². The number of aromatic nitrogens is 2. The first-order chi connectivity index (χ1) is 11.6. The molecule has 1 saturated heterocycles. The number of carbonyl (C=O) groups excluding carboxylic acids is 1. The number of rotatable bonds is 6. The monoisotopic (exact) mass is 327 g/mol. The van der Waals surface area contributed by atoms with Crippen LogP contribution in [0.5, 0.6) is 5.75 Å². The van der Waals surface area contributed by atoms with Crippen LogP contribution in [0.1, 0.15) is 30.3 Å². The van der Waals surface area contributed by atoms with E-state index in [0.29, 0.717) is 26.1 Å². The molecule has 1 amide bonds. The lowest BCUT2D eigenvalue weighted by atomic mass is 10.1. The molecule has 1 aliphatic rings. The van der Waals surface area contributed by atoms with Crippen molar-refractivity contribution in [2.45, 2.75) is 46.3 Å². The minimum atomic E-state index is 0.105. The highest BCUT2D eigenvalue weighted by molar-refractivity contribution is 5.77. The van der Waals surface area contributed by atoms with Crippen LogP contribution in [0.4, 0.5) is 0 Å². The number of imidazole rings is 1. The molecular weight excluding hydrogens is 302 g/mol. The molecule has 3 rings (SSSR count). The van der Waals surface area contributed by atoms with Gasteiger partial charge in [0.1, 0.15) is 17.7 Å². The van der Waals surface area contributed by atoms with Crippen LogP contribution in [-0.4, -0.2) is 39.6 Å². The van der Waals surface area contributed by atoms with Gasteiger partial charge in [0.15, 0.2) is 0 Å². The molecule has 2 aromatic rings. The number of para-hydroxylation sites is 1. The van der Waals surface area contributed by atoms with Crippen LogP contribution in [0.15, 0.2) is 30.6 Å². The Hall–Kier alpha value is -2.30. The first-order valence-corrected chi connectivity index (χ1v) is 8.59. The fourth-order valence-corrected chi connectivity index (χ4v) is 3.10. The van der Waals surface area contributed by atoms with Crippen molar-refractivity contribution in [3.63, 3.8) is 0 Å². The lowest BCUT2D eigenvalue weighted by molar-refractivity contribution is -0.140. The van der Waals surface area contributed by atoms with Crippen molar-refractivity contribution in [1.82, 2.24) is 14.5 Å². The van der Waals surface area contributed by atoms with Crippen LogP contribution < -0.4 is 4.74 Å². The fourth-order valence-electron chi connectivity index (χ4n) is 3.10. The third kappa shape index (κ3) is 3.45. The van der Waals surface area contributed by atoms with Gasteiger partial charge >= 0.3 is 0 Å². The van der Waals surface area contributed by atoms with Gasteiger partial charge in [0, 0.05) is 31.8 Å². The van der Waals surface area contributed by atoms with E-state index in [9.17, 15) is 4.79 Å². The highest BCUT2D eigenvalue weighted by Crippen LogP contribution is 2.26. The maximum absolute atomic E-state index is 12.3. The predicted molar refractivity (Wildman–Crippen MR) is 93.1 cm³/mol. The Morgan fingerprint density at radius 2 is 2.00 bits per heavy atom. The summed E-state index contributed by atoms with van der Waals surface area (Å²) >= 11 is 0. The number of aryl methyl sites for hydroxylation is 4. The van der Waals surface area contributed by atoms with Crippen LogP contribution in [0, 0.1) is 13.8 Å². The van der Waals surface area contributed by atoms with Crippen LogP contribution >= 0.6 is 0 Å². The highest BCUT2D eigenvalue weighted by atomic mass is 16.5. The first-order valence-electron chi connectivity index (χ1n) is 8.59. The second-order valence-corrected chi connectivity index (χ2v) is 6.40. The van der Waals surface area contributed by atoms with Crippen molar-refractivity contribution < 1.29 is 9.53 Å². The molecule has 5 nitrogen and oxygen atoms in total. The van der Waals surface area contributed by atoms with E-state index in [4.69, 9.17) is 4.74 Å². The average Bonchev–Trinajstić information content (AvgIpc) is 2.98. The summed E-state index contributed by atoms with van der Waals surface area (Å²) in [5.74, 6) is 2.18. The van der Waals surface area contributed by atoms with E-state index in [1.165, 1.54) is 0 Å². The van der Waals surface area contributed by atoms with Gasteiger partial charge in [0.05, 0.1) is 13.1 Å². The Kier molecular flexibility index (Phi) is 4.88. The maximum atomic E-state index is 12.3. The van der Waals surface area contributed by atoms with Gasteiger partial charge in [-0.3, -0.25) is 4.79 Å². The standard InChI is InChI=1S/C19H25N3O2/c1-4-17-20-9-11-21(17)10-8-18(23)22-12-16(13-22)24-19-14(2)6-5-7-15(19)3/h5-7,9,11,16H,4,8,10,12-13H2,1-3H3. The van der Waals surface area contributed by atoms with E-state index in [0.717, 1.165) is 29.1 Å². The summed E-state index contributed by atoms with van der Waals surface area (Å²) in [5, 5.41) is 0. The van der Waals surface area contributed by atoms with Crippen LogP contribution in [0.2, 0.25) is 0 Å². The Morgan fingerprint density at radius 1 is 1.29 bits per heavy atom. The van der Waals surface area contributed by atoms with Crippen molar-refractivity contribution in [2.24, 2.45) is 0 Å². The number of ether oxygens (including phenoxy) is 1. The summed E-state index contributed by atoms with van der Waals surface area (Å²) in [7, 11) is 0. The van der Waals surface area contributed by atoms with Gasteiger partial charge in [-0.05, 0) is 25.0 Å². The number of hydrogen-bond donors (Lipinski definition) is 0. The molecule has 0 atom stereocenters. The van der Waals surface area contributed by atoms with Gasteiger partial charge < -0.3 is 14.2 Å². The van der Waals surface area contributed by atoms with Crippen LogP contribution in [0.25, 0.3) is 0 Å². The van der Waals surface area contributed by atoms with E-state index in [1.807, 2.05) is 17.2 Å². The molecule has 128 valence electrons. The van der Waals surface area contributed by atoms with Gasteiger partial charge in [-0.2, -0.15) is 0 Å². The van der Waals surface area contributed by atoms with E-state index in [-0.39, 0.29) is 12.0 Å². The number of amides is 1. The van der Waals surface area contributed by atoms with E-state index < -0.39 is 0 Å². The maximum Gasteiger partial charge on any atom is 0.224 e. The number of nitrogens with zero attached hydrogens (tertiary/aromatic N) is 3. The van der Waals surface area contributed by atoms with Crippen molar-refractivity contribution in [2.75, 3.05) is 13.1 Å². The molecule has 0 radical (unpaired) electrons. The topological polar surface area (TPSA) is 47.4 Å². The lowest BCUT2D eigenvalue weighted by Gasteiger charge is -2.39. The van der Waals surface area contributed by atoms with E-state index in [2.05, 4.69) is 42.5 Å². The molecule has 5 heteroatoms. The minimum absolute atomic E-state index is 0.105. The van der Waals surface area contributed by atoms with Crippen molar-refractivity contribution in [3.8, 4) is 5.75 Å². The number of carbonyl (C=O) groups is 1. The normalized spacial score (nSPS) is 14.5. The SMILES string of the molecule is CCc1nccn1CCC(=O)N1CC(Oc2c(C)cccc2C)C1. The third-order valence-corrected chi connectivity index (χ3v) is 4.58. The van der Waals surface area contributed by atoms with Crippen molar-refractivity contribution in [3.05, 3.63) is 47.5 Å². The third-order valence-electron chi connectivity index (χ3n) is 4.58. The number of likely N-dealkylation sites (tertiary alicyclic amines) is 1. The second-order valence-electron chi connectivity index (χ2n) is 6.40. The molecule has 0 unspecified atom stereocenters. The minimum Gasteiger partial charge on any atom is -0.486 e. The molecule has 0 spiro atoms. The number of benzene rings is 1. The average molecular weight is 327 g/mol. The van der Waals surface area contributed by atoms with Crippen LogP contribution in [0.3, 0.4) is 0 Å². The van der Waals surface area contributed by atoms with Gasteiger partial charge in [-0.1, -0.05) is 25.1 Å². The molecule has 1 aliphatic heterocycles. The van der Waals surface area contributed by atoms with Crippen molar-refractivity contribution >= 4 is 5.91 Å². The molecule has 2 heterocycles. The van der Waals surface area contributed by atoms with Gasteiger partial charge in [0.2, 0.25) is 5.91 Å². The highest BCUT2D eigenvalue weighted by Gasteiger charge is 2.32. The Bertz CT molecular complexity index is 697. The predicted octanol–water partition coefficient (Wildman–Crippen LogP) is 2.74. The molecule has 0 bridgehead atoms. The molecule has 1 fully saturated rings. The summed E-state index contributed by atoms with van der Waals surface area (Å²) in [5.41, 5.74) is 2.29. The molecule has 0 N–H and O–H groups in total. The summed E-state index contributed by atoms with van der Waals surface area (Å²) < 4.78 is 8.13. The first kappa shape index (κ1) is 16.6. The fraction of sp³-hybridized carbons (Fsp3) is 0.474. The Labute approximate surface area is 143 Å². The Morgan fingerprint density at radius 3 is 2.67 bits per heavy atom. The van der Waals surface area contributed by atoms with Gasteiger partial charge in [-0.25, -0.2) is 4.98 Å². The van der Waals surface area contributed by atoms with Crippen molar-refractivity contribution in [1.29, 1.82) is 0 Å². The molecule has 1 aromatic heterocycles. The molecule has 24 heavy (non-hydrogen) atoms. The summed E-state index contributed by atoms with van der Waals surface area (Å²) in [4.78, 5) is 18.4. The molecule has 0 aliphatic carbocycles. The second kappa shape index (κ2) is 7.07. The summed E-state index contributed by atoms with van der Waals surface area (Å²) in [6, 6.07) is 6.15. The zero-order valence-electron chi connectivity index (χ0n) is 14.7. The Balaban J connectivity index is 1.47. The summed E-state index contributed by atoms with van der Waals surface area (Å²) in [6.07, 6.45) is 5.24.